The number of fused-ring (bicyclic) bond motifs is 3. The van der Waals surface area contributed by atoms with Gasteiger partial charge < -0.3 is 30.0 Å². The monoisotopic (exact) mass is 628 g/mol. The molecule has 1 aromatic heterocycles. The molecule has 13 heteroatoms. The van der Waals surface area contributed by atoms with E-state index in [9.17, 15) is 18.3 Å². The van der Waals surface area contributed by atoms with Crippen LogP contribution in [0.25, 0.3) is 10.2 Å². The lowest BCUT2D eigenvalue weighted by molar-refractivity contribution is -0.135. The zero-order valence-electron chi connectivity index (χ0n) is 23.6. The Morgan fingerprint density at radius 2 is 1.88 bits per heavy atom. The average Bonchev–Trinajstić information content (AvgIpc) is 3.66. The van der Waals surface area contributed by atoms with Crippen LogP contribution in [0, 0.1) is 17.8 Å². The molecule has 0 radical (unpaired) electrons. The Kier molecular flexibility index (Phi) is 8.03. The summed E-state index contributed by atoms with van der Waals surface area (Å²) in [5.41, 5.74) is 1.61. The van der Waals surface area contributed by atoms with Crippen LogP contribution in [-0.2, 0) is 30.7 Å². The van der Waals surface area contributed by atoms with Gasteiger partial charge in [-0.05, 0) is 55.9 Å². The first-order valence-corrected chi connectivity index (χ1v) is 17.2. The highest BCUT2D eigenvalue weighted by Gasteiger charge is 2.52. The number of carbonyl (C=O) groups is 1. The number of carbonyl (C=O) groups excluding carboxylic acids is 1. The highest BCUT2D eigenvalue weighted by atomic mass is 32.2. The van der Waals surface area contributed by atoms with Gasteiger partial charge in [0.25, 0.3) is 0 Å². The second-order valence-corrected chi connectivity index (χ2v) is 14.8. The lowest BCUT2D eigenvalue weighted by atomic mass is 9.74. The number of aliphatic hydroxyl groups excluding tert-OH is 1. The predicted octanol–water partition coefficient (Wildman–Crippen LogP) is 3.24. The Hall–Kier alpha value is -2.81. The summed E-state index contributed by atoms with van der Waals surface area (Å²) in [6.07, 6.45) is 1.99. The van der Waals surface area contributed by atoms with Crippen molar-refractivity contribution in [2.24, 2.45) is 17.8 Å². The summed E-state index contributed by atoms with van der Waals surface area (Å²) in [7, 11) is -3.94. The third kappa shape index (κ3) is 6.38. The summed E-state index contributed by atoms with van der Waals surface area (Å²) < 4.78 is 47.4. The normalized spacial score (nSPS) is 27.9. The van der Waals surface area contributed by atoms with Crippen LogP contribution in [0.15, 0.2) is 53.4 Å². The van der Waals surface area contributed by atoms with E-state index in [0.29, 0.717) is 19.3 Å². The number of aliphatic hydroxyl groups is 1. The van der Waals surface area contributed by atoms with Crippen LogP contribution in [0.2, 0.25) is 0 Å². The van der Waals surface area contributed by atoms with Crippen LogP contribution in [-0.4, -0.2) is 74.9 Å². The Labute approximate surface area is 254 Å². The summed E-state index contributed by atoms with van der Waals surface area (Å²) in [6.45, 7) is 0.682. The van der Waals surface area contributed by atoms with Crippen molar-refractivity contribution in [2.45, 2.75) is 67.6 Å². The Balaban J connectivity index is 1.02. The van der Waals surface area contributed by atoms with E-state index in [4.69, 9.17) is 14.2 Å². The molecule has 230 valence electrons. The van der Waals surface area contributed by atoms with E-state index in [1.54, 1.807) is 12.1 Å². The highest BCUT2D eigenvalue weighted by molar-refractivity contribution is 7.89. The molecule has 2 saturated carbocycles. The molecule has 5 aliphatic rings. The van der Waals surface area contributed by atoms with Crippen LogP contribution in [0.5, 0.6) is 0 Å². The quantitative estimate of drug-likeness (QED) is 0.251. The van der Waals surface area contributed by atoms with Crippen LogP contribution in [0.1, 0.15) is 31.2 Å². The number of ether oxygens (including phenoxy) is 3. The van der Waals surface area contributed by atoms with E-state index >= 15 is 0 Å². The van der Waals surface area contributed by atoms with E-state index in [2.05, 4.69) is 20.3 Å². The van der Waals surface area contributed by atoms with Gasteiger partial charge in [0.1, 0.15) is 6.10 Å². The van der Waals surface area contributed by atoms with Crippen molar-refractivity contribution in [3.63, 3.8) is 0 Å². The number of amides is 1. The molecule has 5 unspecified atom stereocenters. The molecule has 0 spiro atoms. The molecule has 4 heterocycles. The number of hydrogen-bond acceptors (Lipinski definition) is 10. The molecule has 7 atom stereocenters. The molecular weight excluding hydrogens is 592 g/mol. The number of sulfonamides is 1. The Morgan fingerprint density at radius 1 is 1.07 bits per heavy atom. The Bertz CT molecular complexity index is 1560. The van der Waals surface area contributed by atoms with Crippen molar-refractivity contribution >= 4 is 42.8 Å². The fourth-order valence-electron chi connectivity index (χ4n) is 6.43. The maximum Gasteiger partial charge on any atom is 0.407 e. The van der Waals surface area contributed by atoms with Gasteiger partial charge in [0.05, 0.1) is 40.5 Å². The van der Waals surface area contributed by atoms with E-state index in [-0.39, 0.29) is 48.0 Å². The largest absolute Gasteiger partial charge is 0.445 e. The molecule has 2 aliphatic carbocycles. The molecule has 4 bridgehead atoms. The molecule has 43 heavy (non-hydrogen) atoms. The van der Waals surface area contributed by atoms with Gasteiger partial charge in [0.15, 0.2) is 11.4 Å². The third-order valence-corrected chi connectivity index (χ3v) is 11.3. The van der Waals surface area contributed by atoms with Crippen molar-refractivity contribution < 1.29 is 32.5 Å². The first kappa shape index (κ1) is 28.9. The number of nitrogens with zero attached hydrogens (tertiary/aromatic N) is 1. The third-order valence-electron chi connectivity index (χ3n) is 8.95. The van der Waals surface area contributed by atoms with Crippen LogP contribution < -0.4 is 15.4 Å². The minimum absolute atomic E-state index is 0.0813. The van der Waals surface area contributed by atoms with E-state index in [1.807, 2.05) is 30.3 Å². The van der Waals surface area contributed by atoms with Crippen LogP contribution >= 0.6 is 11.3 Å². The van der Waals surface area contributed by atoms with E-state index in [1.165, 1.54) is 17.4 Å². The molecule has 2 aromatic carbocycles. The fourth-order valence-corrected chi connectivity index (χ4v) is 8.57. The van der Waals surface area contributed by atoms with Crippen molar-refractivity contribution in [1.29, 1.82) is 0 Å². The summed E-state index contributed by atoms with van der Waals surface area (Å²) >= 11 is 1.42. The molecule has 3 aromatic rings. The number of rotatable bonds is 11. The van der Waals surface area contributed by atoms with Gasteiger partial charge in [-0.1, -0.05) is 41.7 Å². The van der Waals surface area contributed by atoms with E-state index < -0.39 is 28.3 Å². The topological polar surface area (TPSA) is 148 Å². The number of anilines is 1. The van der Waals surface area contributed by atoms with Gasteiger partial charge in [0, 0.05) is 30.3 Å². The van der Waals surface area contributed by atoms with Gasteiger partial charge in [-0.25, -0.2) is 22.9 Å². The Morgan fingerprint density at radius 3 is 2.70 bits per heavy atom. The second-order valence-electron chi connectivity index (χ2n) is 12.0. The van der Waals surface area contributed by atoms with Crippen LogP contribution in [0.3, 0.4) is 0 Å². The first-order valence-electron chi connectivity index (χ1n) is 14.9. The van der Waals surface area contributed by atoms with Crippen LogP contribution in [0.4, 0.5) is 9.93 Å². The summed E-state index contributed by atoms with van der Waals surface area (Å²) in [4.78, 5) is 17.9. The van der Waals surface area contributed by atoms with Crippen molar-refractivity contribution in [1.82, 2.24) is 15.0 Å². The van der Waals surface area contributed by atoms with Gasteiger partial charge in [-0.3, -0.25) is 0 Å². The maximum absolute atomic E-state index is 13.2. The molecular formula is C30H36N4O7S2. The number of thiazole rings is 1. The van der Waals surface area contributed by atoms with E-state index in [0.717, 1.165) is 46.6 Å². The molecule has 11 nitrogen and oxygen atoms in total. The number of benzene rings is 2. The minimum Gasteiger partial charge on any atom is -0.445 e. The lowest BCUT2D eigenvalue weighted by Gasteiger charge is -2.36. The van der Waals surface area contributed by atoms with Gasteiger partial charge in [-0.2, -0.15) is 0 Å². The molecule has 3 saturated heterocycles. The fraction of sp³-hybridized carbons (Fsp3) is 0.533. The highest BCUT2D eigenvalue weighted by Crippen LogP contribution is 2.46. The molecule has 5 fully saturated rings. The number of hydrogen-bond donors (Lipinski definition) is 4. The summed E-state index contributed by atoms with van der Waals surface area (Å²) in [6, 6.07) is 13.9. The van der Waals surface area contributed by atoms with Crippen molar-refractivity contribution in [3.05, 3.63) is 54.1 Å². The SMILES string of the molecule is O=C(N[C@@H](Cc1ccccc1)[C@H](O)CNS(=O)(=O)c1ccc2nc(NC3CC3)sc2c1)OC1C2CCC3C(OC2)OCC31. The molecule has 3 aliphatic heterocycles. The average molecular weight is 629 g/mol. The lowest BCUT2D eigenvalue weighted by Crippen LogP contribution is -2.51. The zero-order chi connectivity index (χ0) is 29.6. The van der Waals surface area contributed by atoms with Gasteiger partial charge >= 0.3 is 6.09 Å². The maximum atomic E-state index is 13.2. The predicted molar refractivity (Wildman–Crippen MR) is 160 cm³/mol. The minimum atomic E-state index is -3.94. The number of nitrogens with one attached hydrogen (secondary N) is 3. The summed E-state index contributed by atoms with van der Waals surface area (Å²) in [5.74, 6) is 0.390. The van der Waals surface area contributed by atoms with Crippen molar-refractivity contribution in [3.8, 4) is 0 Å². The second kappa shape index (κ2) is 11.9. The molecule has 8 rings (SSSR count). The molecule has 1 amide bonds. The van der Waals surface area contributed by atoms with Crippen molar-refractivity contribution in [2.75, 3.05) is 25.1 Å². The molecule has 4 N–H and O–H groups in total. The first-order chi connectivity index (χ1) is 20.8. The van der Waals surface area contributed by atoms with Gasteiger partial charge in [0.2, 0.25) is 10.0 Å². The van der Waals surface area contributed by atoms with Gasteiger partial charge in [-0.15, -0.1) is 0 Å². The zero-order valence-corrected chi connectivity index (χ0v) is 25.2. The standard InChI is InChI=1S/C30H36N4O7S2/c35-25(14-31-43(37,38)20-9-11-23-26(13-20)42-29(33-23)32-19-7-8-19)24(12-17-4-2-1-3-5-17)34-30(36)41-27-18-6-10-21-22(27)16-40-28(21)39-15-18/h1-5,9,11,13,18-19,21-22,24-25,27-28,31,35H,6-8,10,12,14-16H2,(H,32,33)(H,34,36)/t18?,21?,22?,24-,25+,27?,28?/m0/s1. The summed E-state index contributed by atoms with van der Waals surface area (Å²) in [5, 5.41) is 18.2. The number of alkyl carbamates (subject to hydrolysis) is 1. The number of aromatic nitrogens is 1. The smallest absolute Gasteiger partial charge is 0.407 e.